The van der Waals surface area contributed by atoms with Crippen LogP contribution in [0.5, 0.6) is 0 Å². The molecule has 0 heterocycles. The van der Waals surface area contributed by atoms with Gasteiger partial charge in [0.2, 0.25) is 0 Å². The van der Waals surface area contributed by atoms with Crippen molar-refractivity contribution in [3.63, 3.8) is 0 Å². The van der Waals surface area contributed by atoms with Crippen LogP contribution in [0, 0.1) is 0 Å². The molecule has 108 valence electrons. The van der Waals surface area contributed by atoms with Gasteiger partial charge in [-0.3, -0.25) is 0 Å². The Kier molecular flexibility index (Phi) is 5.89. The third-order valence-electron chi connectivity index (χ3n) is 2.28. The number of hydrogen-bond donors (Lipinski definition) is 0. The first-order chi connectivity index (χ1) is 8.48. The molecule has 0 aliphatic carbocycles. The summed E-state index contributed by atoms with van der Waals surface area (Å²) in [7, 11) is 0. The Morgan fingerprint density at radius 2 is 1.26 bits per heavy atom. The number of benzene rings is 1. The molecule has 0 aliphatic heterocycles. The number of alkyl halides is 9. The van der Waals surface area contributed by atoms with Gasteiger partial charge in [-0.1, -0.05) is 75.9 Å². The minimum Gasteiger partial charge on any atom is -0.191 e. The van der Waals surface area contributed by atoms with Crippen molar-refractivity contribution in [2.45, 2.75) is 19.6 Å². The van der Waals surface area contributed by atoms with Crippen molar-refractivity contribution in [1.82, 2.24) is 0 Å². The highest BCUT2D eigenvalue weighted by Gasteiger charge is 2.58. The molecule has 0 fully saturated rings. The molecule has 0 aliphatic rings. The van der Waals surface area contributed by atoms with Crippen LogP contribution < -0.4 is 0 Å². The summed E-state index contributed by atoms with van der Waals surface area (Å²) in [6, 6.07) is 2.81. The van der Waals surface area contributed by atoms with E-state index >= 15 is 0 Å². The fourth-order valence-electron chi connectivity index (χ4n) is 1.32. The van der Waals surface area contributed by atoms with Crippen LogP contribution in [0.15, 0.2) is 18.2 Å². The number of hydrogen-bond acceptors (Lipinski definition) is 0. The molecule has 19 heavy (non-hydrogen) atoms. The van der Waals surface area contributed by atoms with E-state index in [1.54, 1.807) is 0 Å². The zero-order valence-electron chi connectivity index (χ0n) is 8.79. The molecule has 0 bridgehead atoms. The van der Waals surface area contributed by atoms with E-state index in [1.165, 1.54) is 6.07 Å². The molecule has 0 N–H and O–H groups in total. The molecule has 0 saturated heterocycles. The topological polar surface area (TPSA) is 0 Å². The van der Waals surface area contributed by atoms with E-state index in [-0.39, 0.29) is 9.30 Å². The van der Waals surface area contributed by atoms with Crippen molar-refractivity contribution in [1.29, 1.82) is 0 Å². The molecule has 0 spiro atoms. The maximum atomic E-state index is 13.3. The maximum absolute atomic E-state index is 13.3. The lowest BCUT2D eigenvalue weighted by Crippen LogP contribution is -2.33. The van der Waals surface area contributed by atoms with Crippen LogP contribution in [0.2, 0.25) is 0 Å². The third-order valence-corrected chi connectivity index (χ3v) is 4.25. The minimum absolute atomic E-state index is 0.278. The lowest BCUT2D eigenvalue weighted by molar-refractivity contribution is -0.289. The third kappa shape index (κ3) is 3.91. The summed E-state index contributed by atoms with van der Waals surface area (Å²) in [6.07, 6.45) is -5.62. The van der Waals surface area contributed by atoms with Crippen LogP contribution in [0.4, 0.5) is 22.0 Å². The van der Waals surface area contributed by atoms with Crippen molar-refractivity contribution < 1.29 is 22.0 Å². The van der Waals surface area contributed by atoms with E-state index in [2.05, 4.69) is 63.7 Å². The second kappa shape index (κ2) is 6.27. The van der Waals surface area contributed by atoms with Crippen LogP contribution in [0.3, 0.4) is 0 Å². The standard InChI is InChI=1S/C10H5Br4F5/c11-7(12)5-2-1-4(3-6(5)8(13)14)9(15,16)10(17,18)19/h1-3,7-8H. The summed E-state index contributed by atoms with van der Waals surface area (Å²) < 4.78 is 62.6. The predicted molar refractivity (Wildman–Crippen MR) is 77.6 cm³/mol. The molecule has 0 unspecified atom stereocenters. The van der Waals surface area contributed by atoms with Crippen LogP contribution >= 0.6 is 63.7 Å². The monoisotopic (exact) mass is 536 g/mol. The van der Waals surface area contributed by atoms with E-state index in [4.69, 9.17) is 0 Å². The molecule has 1 aromatic rings. The SMILES string of the molecule is FC(F)(F)C(F)(F)c1ccc(C(Br)Br)c(C(Br)Br)c1. The second-order valence-electron chi connectivity index (χ2n) is 3.52. The number of halogens is 9. The Labute approximate surface area is 139 Å². The molecular weight excluding hydrogens is 535 g/mol. The van der Waals surface area contributed by atoms with Gasteiger partial charge in [-0.05, 0) is 17.2 Å². The van der Waals surface area contributed by atoms with Gasteiger partial charge in [-0.25, -0.2) is 0 Å². The van der Waals surface area contributed by atoms with Crippen LogP contribution in [-0.2, 0) is 5.92 Å². The molecular formula is C10H5Br4F5. The summed E-state index contributed by atoms with van der Waals surface area (Å²) in [4.78, 5) is 0. The molecule has 0 atom stereocenters. The van der Waals surface area contributed by atoms with E-state index in [0.29, 0.717) is 5.56 Å². The number of rotatable bonds is 3. The highest BCUT2D eigenvalue weighted by atomic mass is 79.9. The Morgan fingerprint density at radius 1 is 0.789 bits per heavy atom. The van der Waals surface area contributed by atoms with E-state index in [0.717, 1.165) is 12.1 Å². The van der Waals surface area contributed by atoms with Gasteiger partial charge in [-0.15, -0.1) is 0 Å². The molecule has 0 saturated carbocycles. The summed E-state index contributed by atoms with van der Waals surface area (Å²) in [5.74, 6) is -4.89. The average Bonchev–Trinajstić information content (AvgIpc) is 2.26. The lowest BCUT2D eigenvalue weighted by atomic mass is 10.0. The van der Waals surface area contributed by atoms with Crippen molar-refractivity contribution in [3.05, 3.63) is 34.9 Å². The first kappa shape index (κ1) is 17.8. The van der Waals surface area contributed by atoms with Crippen LogP contribution in [0.25, 0.3) is 0 Å². The van der Waals surface area contributed by atoms with Gasteiger partial charge in [0.05, 0.1) is 7.47 Å². The van der Waals surface area contributed by atoms with Gasteiger partial charge >= 0.3 is 12.1 Å². The highest BCUT2D eigenvalue weighted by molar-refractivity contribution is 9.24. The molecule has 0 radical (unpaired) electrons. The molecule has 1 rings (SSSR count). The lowest BCUT2D eigenvalue weighted by Gasteiger charge is -2.22. The second-order valence-corrected chi connectivity index (χ2v) is 9.64. The van der Waals surface area contributed by atoms with E-state index in [9.17, 15) is 22.0 Å². The fraction of sp³-hybridized carbons (Fsp3) is 0.400. The summed E-state index contributed by atoms with van der Waals surface area (Å²) >= 11 is 12.6. The van der Waals surface area contributed by atoms with Gasteiger partial charge < -0.3 is 0 Å². The first-order valence-corrected chi connectivity index (χ1v) is 8.30. The van der Waals surface area contributed by atoms with Gasteiger partial charge in [-0.2, -0.15) is 22.0 Å². The van der Waals surface area contributed by atoms with Gasteiger partial charge in [0, 0.05) is 5.56 Å². The van der Waals surface area contributed by atoms with Crippen LogP contribution in [0.1, 0.15) is 24.2 Å². The van der Waals surface area contributed by atoms with Crippen molar-refractivity contribution in [3.8, 4) is 0 Å². The fourth-order valence-corrected chi connectivity index (χ4v) is 2.95. The normalized spacial score (nSPS) is 13.4. The largest absolute Gasteiger partial charge is 0.458 e. The van der Waals surface area contributed by atoms with E-state index in [1.807, 2.05) is 0 Å². The predicted octanol–water partition coefficient (Wildman–Crippen LogP) is 6.92. The Bertz CT molecular complexity index is 456. The van der Waals surface area contributed by atoms with E-state index < -0.39 is 21.4 Å². The summed E-state index contributed by atoms with van der Waals surface area (Å²) in [6.45, 7) is 0. The summed E-state index contributed by atoms with van der Waals surface area (Å²) in [5, 5.41) is 0. The Balaban J connectivity index is 3.38. The zero-order valence-corrected chi connectivity index (χ0v) is 15.1. The van der Waals surface area contributed by atoms with Crippen molar-refractivity contribution in [2.75, 3.05) is 0 Å². The zero-order chi connectivity index (χ0) is 15.0. The van der Waals surface area contributed by atoms with Gasteiger partial charge in [0.1, 0.15) is 0 Å². The summed E-state index contributed by atoms with van der Waals surface area (Å²) in [5.41, 5.74) is -0.274. The molecule has 0 aromatic heterocycles. The molecule has 1 aromatic carbocycles. The van der Waals surface area contributed by atoms with Gasteiger partial charge in [0.15, 0.2) is 0 Å². The molecule has 0 nitrogen and oxygen atoms in total. The Morgan fingerprint density at radius 3 is 1.63 bits per heavy atom. The minimum atomic E-state index is -5.62. The van der Waals surface area contributed by atoms with Crippen molar-refractivity contribution in [2.24, 2.45) is 0 Å². The Hall–Kier alpha value is 0.790. The molecule has 9 heteroatoms. The van der Waals surface area contributed by atoms with Crippen LogP contribution in [-0.4, -0.2) is 6.18 Å². The van der Waals surface area contributed by atoms with Crippen molar-refractivity contribution >= 4 is 63.7 Å². The first-order valence-electron chi connectivity index (χ1n) is 4.63. The quantitative estimate of drug-likeness (QED) is 0.289. The maximum Gasteiger partial charge on any atom is 0.458 e. The highest BCUT2D eigenvalue weighted by Crippen LogP contribution is 2.47. The van der Waals surface area contributed by atoms with Gasteiger partial charge in [0.25, 0.3) is 0 Å². The molecule has 0 amide bonds. The smallest absolute Gasteiger partial charge is 0.191 e. The average molecular weight is 540 g/mol.